The summed E-state index contributed by atoms with van der Waals surface area (Å²) >= 11 is 0. The van der Waals surface area contributed by atoms with Gasteiger partial charge in [-0.2, -0.15) is 0 Å². The van der Waals surface area contributed by atoms with Crippen LogP contribution in [0.5, 0.6) is 0 Å². The van der Waals surface area contributed by atoms with Crippen LogP contribution in [0.2, 0.25) is 0 Å². The van der Waals surface area contributed by atoms with Crippen LogP contribution in [0.15, 0.2) is 18.2 Å². The van der Waals surface area contributed by atoms with E-state index in [2.05, 4.69) is 44.3 Å². The lowest BCUT2D eigenvalue weighted by Gasteiger charge is -2.27. The summed E-state index contributed by atoms with van der Waals surface area (Å²) in [5.74, 6) is 0.855. The number of nitrogens with one attached hydrogen (secondary N) is 1. The van der Waals surface area contributed by atoms with Crippen molar-refractivity contribution in [2.75, 3.05) is 18.1 Å². The molecule has 0 aliphatic carbocycles. The van der Waals surface area contributed by atoms with Gasteiger partial charge in [-0.15, -0.1) is 0 Å². The van der Waals surface area contributed by atoms with Crippen molar-refractivity contribution in [2.45, 2.75) is 33.2 Å². The molecule has 1 fully saturated rings. The number of sulfone groups is 1. The highest BCUT2D eigenvalue weighted by Gasteiger charge is 2.35. The largest absolute Gasteiger partial charge is 0.310 e. The van der Waals surface area contributed by atoms with Crippen LogP contribution < -0.4 is 5.32 Å². The molecule has 106 valence electrons. The van der Waals surface area contributed by atoms with Crippen molar-refractivity contribution in [3.63, 3.8) is 0 Å². The molecule has 4 heteroatoms. The van der Waals surface area contributed by atoms with Crippen molar-refractivity contribution < 1.29 is 8.42 Å². The lowest BCUT2D eigenvalue weighted by atomic mass is 9.87. The molecule has 0 radical (unpaired) electrons. The Balaban J connectivity index is 2.36. The Morgan fingerprint density at radius 3 is 2.42 bits per heavy atom. The first-order valence-corrected chi connectivity index (χ1v) is 8.76. The van der Waals surface area contributed by atoms with Crippen LogP contribution in [-0.2, 0) is 9.84 Å². The van der Waals surface area contributed by atoms with Gasteiger partial charge >= 0.3 is 0 Å². The van der Waals surface area contributed by atoms with Crippen LogP contribution in [0, 0.1) is 19.8 Å². The van der Waals surface area contributed by atoms with Crippen molar-refractivity contribution >= 4 is 9.84 Å². The molecular formula is C15H23NO2S. The van der Waals surface area contributed by atoms with Gasteiger partial charge in [-0.05, 0) is 49.4 Å². The number of hydrogen-bond donors (Lipinski definition) is 1. The molecule has 3 nitrogen and oxygen atoms in total. The molecular weight excluding hydrogens is 258 g/mol. The van der Waals surface area contributed by atoms with Crippen molar-refractivity contribution in [1.82, 2.24) is 5.32 Å². The van der Waals surface area contributed by atoms with E-state index in [-0.39, 0.29) is 12.0 Å². The molecule has 1 aromatic rings. The standard InChI is InChI=1S/C15H23NO2S/c1-4-16-15(13-8-9-19(17,18)10-13)14-11(2)6-5-7-12(14)3/h5-7,13,15-16H,4,8-10H2,1-3H3. The first kappa shape index (κ1) is 14.5. The second-order valence-corrected chi connectivity index (χ2v) is 7.73. The molecule has 2 rings (SSSR count). The van der Waals surface area contributed by atoms with Gasteiger partial charge in [-0.1, -0.05) is 25.1 Å². The second-order valence-electron chi connectivity index (χ2n) is 5.50. The molecule has 0 spiro atoms. The van der Waals surface area contributed by atoms with E-state index < -0.39 is 9.84 Å². The molecule has 2 atom stereocenters. The Hall–Kier alpha value is -0.870. The van der Waals surface area contributed by atoms with Gasteiger partial charge in [-0.3, -0.25) is 0 Å². The second kappa shape index (κ2) is 5.63. The first-order chi connectivity index (χ1) is 8.94. The summed E-state index contributed by atoms with van der Waals surface area (Å²) < 4.78 is 23.4. The fourth-order valence-electron chi connectivity index (χ4n) is 3.13. The molecule has 0 aromatic heterocycles. The fraction of sp³-hybridized carbons (Fsp3) is 0.600. The molecule has 19 heavy (non-hydrogen) atoms. The summed E-state index contributed by atoms with van der Waals surface area (Å²) in [7, 11) is -2.83. The van der Waals surface area contributed by atoms with E-state index >= 15 is 0 Å². The summed E-state index contributed by atoms with van der Waals surface area (Å²) in [6.45, 7) is 7.14. The molecule has 1 aliphatic rings. The molecule has 1 aromatic carbocycles. The minimum atomic E-state index is -2.83. The molecule has 0 bridgehead atoms. The van der Waals surface area contributed by atoms with Gasteiger partial charge in [-0.25, -0.2) is 8.42 Å². The quantitative estimate of drug-likeness (QED) is 0.921. The minimum Gasteiger partial charge on any atom is -0.310 e. The molecule has 1 N–H and O–H groups in total. The van der Waals surface area contributed by atoms with Crippen LogP contribution in [0.25, 0.3) is 0 Å². The van der Waals surface area contributed by atoms with E-state index in [1.807, 2.05) is 0 Å². The van der Waals surface area contributed by atoms with E-state index in [9.17, 15) is 8.42 Å². The fourth-order valence-corrected chi connectivity index (χ4v) is 4.97. The third-order valence-corrected chi connectivity index (χ3v) is 5.81. The highest BCUT2D eigenvalue weighted by molar-refractivity contribution is 7.91. The van der Waals surface area contributed by atoms with Crippen LogP contribution in [-0.4, -0.2) is 26.5 Å². The highest BCUT2D eigenvalue weighted by Crippen LogP contribution is 2.34. The summed E-state index contributed by atoms with van der Waals surface area (Å²) in [5, 5.41) is 3.50. The van der Waals surface area contributed by atoms with Crippen LogP contribution in [0.1, 0.15) is 36.1 Å². The van der Waals surface area contributed by atoms with Crippen LogP contribution >= 0.6 is 0 Å². The maximum Gasteiger partial charge on any atom is 0.150 e. The number of benzene rings is 1. The SMILES string of the molecule is CCNC(c1c(C)cccc1C)C1CCS(=O)(=O)C1. The first-order valence-electron chi connectivity index (χ1n) is 6.94. The Bertz CT molecular complexity index is 531. The lowest BCUT2D eigenvalue weighted by molar-refractivity contribution is 0.397. The molecule has 1 heterocycles. The van der Waals surface area contributed by atoms with E-state index in [1.54, 1.807) is 0 Å². The van der Waals surface area contributed by atoms with Crippen LogP contribution in [0.3, 0.4) is 0 Å². The summed E-state index contributed by atoms with van der Waals surface area (Å²) in [5.41, 5.74) is 3.77. The third-order valence-electron chi connectivity index (χ3n) is 4.02. The number of rotatable bonds is 4. The average Bonchev–Trinajstić information content (AvgIpc) is 2.68. The molecule has 2 unspecified atom stereocenters. The van der Waals surface area contributed by atoms with E-state index in [0.29, 0.717) is 11.5 Å². The summed E-state index contributed by atoms with van der Waals surface area (Å²) in [4.78, 5) is 0. The van der Waals surface area contributed by atoms with Gasteiger partial charge in [0.1, 0.15) is 0 Å². The smallest absolute Gasteiger partial charge is 0.150 e. The van der Waals surface area contributed by atoms with Gasteiger partial charge < -0.3 is 5.32 Å². The molecule has 0 saturated carbocycles. The average molecular weight is 281 g/mol. The van der Waals surface area contributed by atoms with E-state index in [0.717, 1.165) is 13.0 Å². The van der Waals surface area contributed by atoms with Gasteiger partial charge in [0.05, 0.1) is 11.5 Å². The minimum absolute atomic E-state index is 0.156. The van der Waals surface area contributed by atoms with Crippen molar-refractivity contribution in [1.29, 1.82) is 0 Å². The number of aryl methyl sites for hydroxylation is 2. The van der Waals surface area contributed by atoms with E-state index in [1.165, 1.54) is 16.7 Å². The van der Waals surface area contributed by atoms with E-state index in [4.69, 9.17) is 0 Å². The van der Waals surface area contributed by atoms with Gasteiger partial charge in [0, 0.05) is 6.04 Å². The van der Waals surface area contributed by atoms with Crippen molar-refractivity contribution in [3.05, 3.63) is 34.9 Å². The monoisotopic (exact) mass is 281 g/mol. The normalized spacial score (nSPS) is 23.4. The zero-order valence-electron chi connectivity index (χ0n) is 11.9. The summed E-state index contributed by atoms with van der Waals surface area (Å²) in [6, 6.07) is 6.43. The zero-order chi connectivity index (χ0) is 14.0. The number of hydrogen-bond acceptors (Lipinski definition) is 3. The molecule has 1 saturated heterocycles. The van der Waals surface area contributed by atoms with Gasteiger partial charge in [0.25, 0.3) is 0 Å². The van der Waals surface area contributed by atoms with Gasteiger partial charge in [0.2, 0.25) is 0 Å². The third kappa shape index (κ3) is 3.18. The Morgan fingerprint density at radius 1 is 1.32 bits per heavy atom. The molecule has 0 amide bonds. The zero-order valence-corrected chi connectivity index (χ0v) is 12.8. The Kier molecular flexibility index (Phi) is 4.31. The lowest BCUT2D eigenvalue weighted by Crippen LogP contribution is -2.30. The Morgan fingerprint density at radius 2 is 1.95 bits per heavy atom. The predicted molar refractivity (Wildman–Crippen MR) is 79.1 cm³/mol. The summed E-state index contributed by atoms with van der Waals surface area (Å²) in [6.07, 6.45) is 0.772. The maximum atomic E-state index is 11.7. The molecule has 1 aliphatic heterocycles. The van der Waals surface area contributed by atoms with Crippen molar-refractivity contribution in [3.8, 4) is 0 Å². The predicted octanol–water partition coefficient (Wildman–Crippen LogP) is 2.39. The maximum absolute atomic E-state index is 11.7. The van der Waals surface area contributed by atoms with Gasteiger partial charge in [0.15, 0.2) is 9.84 Å². The topological polar surface area (TPSA) is 46.2 Å². The highest BCUT2D eigenvalue weighted by atomic mass is 32.2. The van der Waals surface area contributed by atoms with Crippen molar-refractivity contribution in [2.24, 2.45) is 5.92 Å². The Labute approximate surface area is 116 Å². The van der Waals surface area contributed by atoms with Crippen LogP contribution in [0.4, 0.5) is 0 Å².